The van der Waals surface area contributed by atoms with Crippen LogP contribution in [0.25, 0.3) is 5.65 Å². The Bertz CT molecular complexity index is 918. The summed E-state index contributed by atoms with van der Waals surface area (Å²) >= 11 is 0. The van der Waals surface area contributed by atoms with Crippen LogP contribution in [0.5, 0.6) is 0 Å². The Kier molecular flexibility index (Phi) is 4.29. The van der Waals surface area contributed by atoms with Crippen LogP contribution in [0.3, 0.4) is 0 Å². The van der Waals surface area contributed by atoms with Crippen molar-refractivity contribution in [3.8, 4) is 0 Å². The number of fused-ring (bicyclic) bond motifs is 1. The zero-order valence-corrected chi connectivity index (χ0v) is 13.4. The van der Waals surface area contributed by atoms with E-state index in [-0.39, 0.29) is 5.69 Å². The van der Waals surface area contributed by atoms with E-state index < -0.39 is 17.5 Å². The van der Waals surface area contributed by atoms with Crippen LogP contribution in [0.1, 0.15) is 35.1 Å². The van der Waals surface area contributed by atoms with Crippen molar-refractivity contribution in [1.82, 2.24) is 9.38 Å². The quantitative estimate of drug-likeness (QED) is 0.782. The van der Waals surface area contributed by atoms with Crippen molar-refractivity contribution in [3.63, 3.8) is 0 Å². The molecule has 0 bridgehead atoms. The minimum atomic E-state index is -0.688. The molecule has 0 unspecified atom stereocenters. The van der Waals surface area contributed by atoms with Gasteiger partial charge in [-0.3, -0.25) is 9.20 Å². The lowest BCUT2D eigenvalue weighted by Gasteiger charge is -2.08. The summed E-state index contributed by atoms with van der Waals surface area (Å²) in [6.45, 7) is 3.90. The molecule has 1 N–H and O–H groups in total. The second-order valence-corrected chi connectivity index (χ2v) is 5.62. The molecule has 1 aromatic carbocycles. The molecule has 2 heterocycles. The first kappa shape index (κ1) is 16.1. The Balaban J connectivity index is 2.07. The van der Waals surface area contributed by atoms with Crippen LogP contribution in [0.4, 0.5) is 14.5 Å². The Labute approximate surface area is 138 Å². The molecule has 0 aliphatic heterocycles. The molecule has 124 valence electrons. The molecule has 2 aromatic heterocycles. The molecule has 3 rings (SSSR count). The van der Waals surface area contributed by atoms with Gasteiger partial charge in [0.05, 0.1) is 11.4 Å². The number of aryl methyl sites for hydroxylation is 2. The lowest BCUT2D eigenvalue weighted by molar-refractivity contribution is 0.102. The maximum atomic E-state index is 13.8. The number of imidazole rings is 1. The van der Waals surface area contributed by atoms with E-state index in [0.29, 0.717) is 23.5 Å². The van der Waals surface area contributed by atoms with Crippen LogP contribution in [0, 0.1) is 18.6 Å². The van der Waals surface area contributed by atoms with E-state index >= 15 is 0 Å². The first-order valence-corrected chi connectivity index (χ1v) is 7.74. The van der Waals surface area contributed by atoms with Crippen LogP contribution in [0.15, 0.2) is 36.5 Å². The number of carbonyl (C=O) groups excluding carboxylic acids is 1. The second kappa shape index (κ2) is 6.39. The van der Waals surface area contributed by atoms with Gasteiger partial charge in [0.1, 0.15) is 23.0 Å². The Hall–Kier alpha value is -2.76. The molecule has 0 spiro atoms. The third kappa shape index (κ3) is 2.87. The van der Waals surface area contributed by atoms with Crippen LogP contribution in [-0.2, 0) is 6.42 Å². The van der Waals surface area contributed by atoms with Crippen molar-refractivity contribution in [2.24, 2.45) is 0 Å². The van der Waals surface area contributed by atoms with Gasteiger partial charge >= 0.3 is 0 Å². The zero-order valence-electron chi connectivity index (χ0n) is 13.4. The summed E-state index contributed by atoms with van der Waals surface area (Å²) in [5.74, 6) is -1.82. The molecule has 3 aromatic rings. The first-order valence-electron chi connectivity index (χ1n) is 7.74. The van der Waals surface area contributed by atoms with Crippen molar-refractivity contribution in [3.05, 3.63) is 65.1 Å². The van der Waals surface area contributed by atoms with E-state index in [1.54, 1.807) is 10.6 Å². The average Bonchev–Trinajstić information content (AvgIpc) is 2.91. The number of rotatable bonds is 4. The van der Waals surface area contributed by atoms with E-state index in [1.165, 1.54) is 0 Å². The molecular weight excluding hydrogens is 312 g/mol. The number of benzene rings is 1. The highest BCUT2D eigenvalue weighted by atomic mass is 19.1. The topological polar surface area (TPSA) is 46.4 Å². The number of nitrogens with zero attached hydrogens (tertiary/aromatic N) is 2. The molecule has 24 heavy (non-hydrogen) atoms. The van der Waals surface area contributed by atoms with Gasteiger partial charge in [-0.1, -0.05) is 19.4 Å². The molecule has 6 heteroatoms. The Morgan fingerprint density at radius 1 is 1.29 bits per heavy atom. The molecule has 4 nitrogen and oxygen atoms in total. The number of hydrogen-bond acceptors (Lipinski definition) is 2. The highest BCUT2D eigenvalue weighted by molar-refractivity contribution is 6.04. The van der Waals surface area contributed by atoms with Gasteiger partial charge in [-0.2, -0.15) is 0 Å². The van der Waals surface area contributed by atoms with Gasteiger partial charge in [-0.05, 0) is 37.1 Å². The summed E-state index contributed by atoms with van der Waals surface area (Å²) in [5, 5.41) is 2.45. The summed E-state index contributed by atoms with van der Waals surface area (Å²) in [5.41, 5.74) is 2.42. The number of nitrogens with one attached hydrogen (secondary N) is 1. The lowest BCUT2D eigenvalue weighted by atomic mass is 10.2. The number of anilines is 1. The van der Waals surface area contributed by atoms with Gasteiger partial charge in [0.25, 0.3) is 5.91 Å². The fourth-order valence-electron chi connectivity index (χ4n) is 2.68. The number of carbonyl (C=O) groups is 1. The minimum Gasteiger partial charge on any atom is -0.318 e. The van der Waals surface area contributed by atoms with Gasteiger partial charge in [0.2, 0.25) is 0 Å². The highest BCUT2D eigenvalue weighted by Gasteiger charge is 2.20. The highest BCUT2D eigenvalue weighted by Crippen LogP contribution is 2.21. The lowest BCUT2D eigenvalue weighted by Crippen LogP contribution is -2.17. The number of hydrogen-bond donors (Lipinski definition) is 1. The van der Waals surface area contributed by atoms with Gasteiger partial charge in [-0.15, -0.1) is 0 Å². The molecule has 0 atom stereocenters. The molecule has 1 amide bonds. The number of aromatic nitrogens is 2. The number of halogens is 2. The summed E-state index contributed by atoms with van der Waals surface area (Å²) in [4.78, 5) is 17.2. The van der Waals surface area contributed by atoms with E-state index in [2.05, 4.69) is 10.3 Å². The third-order valence-electron chi connectivity index (χ3n) is 3.80. The number of pyridine rings is 1. The van der Waals surface area contributed by atoms with Gasteiger partial charge in [-0.25, -0.2) is 13.8 Å². The monoisotopic (exact) mass is 329 g/mol. The van der Waals surface area contributed by atoms with Crippen molar-refractivity contribution in [1.29, 1.82) is 0 Å². The Morgan fingerprint density at radius 3 is 2.83 bits per heavy atom. The van der Waals surface area contributed by atoms with Gasteiger partial charge < -0.3 is 5.32 Å². The molecule has 0 saturated carbocycles. The fourth-order valence-corrected chi connectivity index (χ4v) is 2.68. The average molecular weight is 329 g/mol. The Morgan fingerprint density at radius 2 is 2.08 bits per heavy atom. The van der Waals surface area contributed by atoms with E-state index in [4.69, 9.17) is 0 Å². The number of amides is 1. The molecule has 0 aliphatic carbocycles. The SMILES string of the molecule is CCCc1nc2c(C)cccn2c1C(=O)Nc1cc(F)ccc1F. The normalized spacial score (nSPS) is 11.0. The maximum absolute atomic E-state index is 13.8. The third-order valence-corrected chi connectivity index (χ3v) is 3.80. The van der Waals surface area contributed by atoms with E-state index in [0.717, 1.165) is 30.2 Å². The minimum absolute atomic E-state index is 0.190. The van der Waals surface area contributed by atoms with Crippen molar-refractivity contribution in [2.75, 3.05) is 5.32 Å². The van der Waals surface area contributed by atoms with Crippen LogP contribution in [0.2, 0.25) is 0 Å². The summed E-state index contributed by atoms with van der Waals surface area (Å²) < 4.78 is 28.8. The summed E-state index contributed by atoms with van der Waals surface area (Å²) in [7, 11) is 0. The molecule has 0 aliphatic rings. The van der Waals surface area contributed by atoms with Crippen LogP contribution in [-0.4, -0.2) is 15.3 Å². The zero-order chi connectivity index (χ0) is 17.3. The van der Waals surface area contributed by atoms with E-state index in [9.17, 15) is 13.6 Å². The van der Waals surface area contributed by atoms with Gasteiger partial charge in [0, 0.05) is 12.3 Å². The molecule has 0 radical (unpaired) electrons. The van der Waals surface area contributed by atoms with Crippen molar-refractivity contribution >= 4 is 17.2 Å². The maximum Gasteiger partial charge on any atom is 0.274 e. The van der Waals surface area contributed by atoms with E-state index in [1.807, 2.05) is 26.0 Å². The van der Waals surface area contributed by atoms with Crippen LogP contribution >= 0.6 is 0 Å². The molecular formula is C18H17F2N3O. The largest absolute Gasteiger partial charge is 0.318 e. The van der Waals surface area contributed by atoms with Gasteiger partial charge in [0.15, 0.2) is 0 Å². The second-order valence-electron chi connectivity index (χ2n) is 5.62. The smallest absolute Gasteiger partial charge is 0.274 e. The standard InChI is InChI=1S/C18H17F2N3O/c1-3-5-14-16(23-9-4-6-11(2)17(23)21-14)18(24)22-15-10-12(19)7-8-13(15)20/h4,6-10H,3,5H2,1-2H3,(H,22,24). The molecule has 0 fully saturated rings. The van der Waals surface area contributed by atoms with Crippen molar-refractivity contribution in [2.45, 2.75) is 26.7 Å². The predicted molar refractivity (Wildman–Crippen MR) is 88.2 cm³/mol. The summed E-state index contributed by atoms with van der Waals surface area (Å²) in [6.07, 6.45) is 3.18. The van der Waals surface area contributed by atoms with Crippen molar-refractivity contribution < 1.29 is 13.6 Å². The molecule has 0 saturated heterocycles. The summed E-state index contributed by atoms with van der Waals surface area (Å²) in [6, 6.07) is 6.67. The fraction of sp³-hybridized carbons (Fsp3) is 0.222. The van der Waals surface area contributed by atoms with Crippen LogP contribution < -0.4 is 5.32 Å². The first-order chi connectivity index (χ1) is 11.5. The predicted octanol–water partition coefficient (Wildman–Crippen LogP) is 4.13.